The molecule has 0 bridgehead atoms. The summed E-state index contributed by atoms with van der Waals surface area (Å²) in [6, 6.07) is 8.08. The van der Waals surface area contributed by atoms with Gasteiger partial charge < -0.3 is 4.57 Å². The predicted molar refractivity (Wildman–Crippen MR) is 65.6 cm³/mol. The van der Waals surface area contributed by atoms with E-state index in [-0.39, 0.29) is 4.75 Å². The van der Waals surface area contributed by atoms with Crippen LogP contribution in [-0.4, -0.2) is 9.55 Å². The fourth-order valence-corrected chi connectivity index (χ4v) is 1.78. The van der Waals surface area contributed by atoms with Gasteiger partial charge in [0.1, 0.15) is 0 Å². The average molecular weight is 218 g/mol. The zero-order chi connectivity index (χ0) is 10.9. The quantitative estimate of drug-likeness (QED) is 0.767. The molecule has 2 nitrogen and oxygen atoms in total. The molecule has 2 rings (SSSR count). The highest BCUT2D eigenvalue weighted by molar-refractivity contribution is 7.81. The van der Waals surface area contributed by atoms with Gasteiger partial charge in [-0.25, -0.2) is 0 Å². The van der Waals surface area contributed by atoms with Crippen molar-refractivity contribution in [2.75, 3.05) is 0 Å². The molecule has 0 atom stereocenters. The van der Waals surface area contributed by atoms with Crippen LogP contribution in [0.3, 0.4) is 0 Å². The third-order valence-electron chi connectivity index (χ3n) is 2.30. The summed E-state index contributed by atoms with van der Waals surface area (Å²) in [6.07, 6.45) is 5.66. The van der Waals surface area contributed by atoms with E-state index in [9.17, 15) is 0 Å². The zero-order valence-electron chi connectivity index (χ0n) is 8.88. The van der Waals surface area contributed by atoms with Crippen molar-refractivity contribution in [1.82, 2.24) is 9.55 Å². The first-order valence-corrected chi connectivity index (χ1v) is 5.34. The van der Waals surface area contributed by atoms with E-state index in [4.69, 9.17) is 0 Å². The molecular weight excluding hydrogens is 204 g/mol. The maximum absolute atomic E-state index is 4.59. The summed E-state index contributed by atoms with van der Waals surface area (Å²) < 4.78 is 1.96. The summed E-state index contributed by atoms with van der Waals surface area (Å²) >= 11 is 4.59. The zero-order valence-corrected chi connectivity index (χ0v) is 9.78. The smallest absolute Gasteiger partial charge is 0.0636 e. The summed E-state index contributed by atoms with van der Waals surface area (Å²) in [4.78, 5) is 4.12. The van der Waals surface area contributed by atoms with Crippen LogP contribution in [0.25, 0.3) is 5.69 Å². The highest BCUT2D eigenvalue weighted by atomic mass is 32.1. The third kappa shape index (κ3) is 2.07. The van der Waals surface area contributed by atoms with Crippen LogP contribution < -0.4 is 0 Å². The van der Waals surface area contributed by atoms with Crippen LogP contribution in [0.15, 0.2) is 42.9 Å². The van der Waals surface area contributed by atoms with Gasteiger partial charge in [0.2, 0.25) is 0 Å². The molecular formula is C12H14N2S. The molecule has 2 aromatic heterocycles. The number of thiol groups is 1. The first-order valence-electron chi connectivity index (χ1n) is 4.89. The highest BCUT2D eigenvalue weighted by Crippen LogP contribution is 2.29. The van der Waals surface area contributed by atoms with Crippen LogP contribution in [0.1, 0.15) is 19.5 Å². The molecule has 0 aromatic carbocycles. The monoisotopic (exact) mass is 218 g/mol. The minimum Gasteiger partial charge on any atom is -0.318 e. The molecule has 2 heterocycles. The number of pyridine rings is 1. The molecule has 0 saturated heterocycles. The van der Waals surface area contributed by atoms with Crippen molar-refractivity contribution >= 4 is 12.6 Å². The van der Waals surface area contributed by atoms with Crippen molar-refractivity contribution in [3.8, 4) is 5.69 Å². The second-order valence-electron chi connectivity index (χ2n) is 4.03. The van der Waals surface area contributed by atoms with Crippen molar-refractivity contribution in [2.24, 2.45) is 0 Å². The molecule has 0 aliphatic carbocycles. The molecule has 2 aromatic rings. The first kappa shape index (κ1) is 10.3. The Bertz CT molecular complexity index is 440. The largest absolute Gasteiger partial charge is 0.318 e. The van der Waals surface area contributed by atoms with Gasteiger partial charge in [0.05, 0.1) is 11.9 Å². The van der Waals surface area contributed by atoms with Crippen LogP contribution in [0.2, 0.25) is 0 Å². The molecule has 0 aliphatic heterocycles. The van der Waals surface area contributed by atoms with E-state index in [2.05, 4.69) is 42.1 Å². The van der Waals surface area contributed by atoms with E-state index >= 15 is 0 Å². The Morgan fingerprint density at radius 3 is 2.67 bits per heavy atom. The van der Waals surface area contributed by atoms with Gasteiger partial charge in [-0.1, -0.05) is 0 Å². The lowest BCUT2D eigenvalue weighted by Crippen LogP contribution is -2.13. The van der Waals surface area contributed by atoms with Gasteiger partial charge in [0, 0.05) is 22.8 Å². The van der Waals surface area contributed by atoms with Crippen LogP contribution in [-0.2, 0) is 4.75 Å². The second-order valence-corrected chi connectivity index (χ2v) is 5.15. The number of nitrogens with zero attached hydrogens (tertiary/aromatic N) is 2. The molecule has 15 heavy (non-hydrogen) atoms. The summed E-state index contributed by atoms with van der Waals surface area (Å²) in [7, 11) is 0. The fourth-order valence-electron chi connectivity index (χ4n) is 1.60. The Hall–Kier alpha value is -1.22. The molecule has 78 valence electrons. The van der Waals surface area contributed by atoms with Crippen LogP contribution in [0.4, 0.5) is 0 Å². The predicted octanol–water partition coefficient (Wildman–Crippen LogP) is 3.04. The fraction of sp³-hybridized carbons (Fsp3) is 0.250. The van der Waals surface area contributed by atoms with Gasteiger partial charge in [0.15, 0.2) is 0 Å². The van der Waals surface area contributed by atoms with Gasteiger partial charge in [0.25, 0.3) is 0 Å². The number of rotatable bonds is 2. The Labute approximate surface area is 95.4 Å². The number of aromatic nitrogens is 2. The lowest BCUT2D eigenvalue weighted by molar-refractivity contribution is 0.727. The SMILES string of the molecule is CC(C)(S)c1cccn1-c1cccnc1. The Kier molecular flexibility index (Phi) is 2.57. The Morgan fingerprint density at radius 2 is 2.07 bits per heavy atom. The van der Waals surface area contributed by atoms with Crippen molar-refractivity contribution in [2.45, 2.75) is 18.6 Å². The molecule has 0 radical (unpaired) electrons. The van der Waals surface area contributed by atoms with Crippen molar-refractivity contribution in [1.29, 1.82) is 0 Å². The number of hydrogen-bond donors (Lipinski definition) is 1. The maximum Gasteiger partial charge on any atom is 0.0636 e. The summed E-state index contributed by atoms with van der Waals surface area (Å²) in [5.74, 6) is 0. The van der Waals surface area contributed by atoms with Crippen LogP contribution >= 0.6 is 12.6 Å². The van der Waals surface area contributed by atoms with E-state index in [1.165, 1.54) is 5.69 Å². The lowest BCUT2D eigenvalue weighted by Gasteiger charge is -2.20. The van der Waals surface area contributed by atoms with E-state index in [1.54, 1.807) is 6.20 Å². The first-order chi connectivity index (χ1) is 7.09. The minimum absolute atomic E-state index is 0.153. The second kappa shape index (κ2) is 3.74. The maximum atomic E-state index is 4.59. The molecule has 3 heteroatoms. The van der Waals surface area contributed by atoms with E-state index in [0.717, 1.165) is 5.69 Å². The van der Waals surface area contributed by atoms with E-state index in [0.29, 0.717) is 0 Å². The normalized spacial score (nSPS) is 11.7. The van der Waals surface area contributed by atoms with Gasteiger partial charge in [-0.3, -0.25) is 4.98 Å². The lowest BCUT2D eigenvalue weighted by atomic mass is 10.1. The van der Waals surface area contributed by atoms with Gasteiger partial charge in [-0.15, -0.1) is 0 Å². The minimum atomic E-state index is -0.153. The van der Waals surface area contributed by atoms with Gasteiger partial charge >= 0.3 is 0 Å². The highest BCUT2D eigenvalue weighted by Gasteiger charge is 2.19. The molecule has 0 fully saturated rings. The Balaban J connectivity index is 2.51. The molecule has 0 amide bonds. The molecule has 0 unspecified atom stereocenters. The van der Waals surface area contributed by atoms with Crippen molar-refractivity contribution in [3.05, 3.63) is 48.5 Å². The van der Waals surface area contributed by atoms with Crippen LogP contribution in [0, 0.1) is 0 Å². The van der Waals surface area contributed by atoms with Crippen molar-refractivity contribution < 1.29 is 0 Å². The third-order valence-corrected chi connectivity index (χ3v) is 2.53. The number of hydrogen-bond acceptors (Lipinski definition) is 2. The van der Waals surface area contributed by atoms with E-state index in [1.807, 2.05) is 30.6 Å². The summed E-state index contributed by atoms with van der Waals surface area (Å²) in [5.41, 5.74) is 2.23. The van der Waals surface area contributed by atoms with E-state index < -0.39 is 0 Å². The summed E-state index contributed by atoms with van der Waals surface area (Å²) in [6.45, 7) is 4.16. The average Bonchev–Trinajstić information content (AvgIpc) is 2.67. The molecule has 0 spiro atoms. The molecule has 0 saturated carbocycles. The van der Waals surface area contributed by atoms with Crippen LogP contribution in [0.5, 0.6) is 0 Å². The summed E-state index contributed by atoms with van der Waals surface area (Å²) in [5, 5.41) is 0. The van der Waals surface area contributed by atoms with Crippen molar-refractivity contribution in [3.63, 3.8) is 0 Å². The van der Waals surface area contributed by atoms with Gasteiger partial charge in [-0.05, 0) is 38.1 Å². The topological polar surface area (TPSA) is 17.8 Å². The molecule has 0 N–H and O–H groups in total. The Morgan fingerprint density at radius 1 is 1.27 bits per heavy atom. The standard InChI is InChI=1S/C12H14N2S/c1-12(2,15)11-6-4-8-14(11)10-5-3-7-13-9-10/h3-9,15H,1-2H3. The molecule has 0 aliphatic rings. The van der Waals surface area contributed by atoms with Gasteiger partial charge in [-0.2, -0.15) is 12.6 Å².